The molecule has 0 bridgehead atoms. The van der Waals surface area contributed by atoms with Crippen LogP contribution in [0.3, 0.4) is 0 Å². The van der Waals surface area contributed by atoms with Crippen molar-refractivity contribution < 1.29 is 0 Å². The van der Waals surface area contributed by atoms with Gasteiger partial charge in [0.2, 0.25) is 0 Å². The second kappa shape index (κ2) is 4.19. The van der Waals surface area contributed by atoms with Crippen LogP contribution in [0.4, 0.5) is 0 Å². The summed E-state index contributed by atoms with van der Waals surface area (Å²) in [5.74, 6) is 1.01. The number of halogens is 1. The zero-order valence-electron chi connectivity index (χ0n) is 9.86. The van der Waals surface area contributed by atoms with Crippen molar-refractivity contribution in [2.45, 2.75) is 32.2 Å². The standard InChI is InChI=1S/C14H15ClN2/c1-10-5-4-6-11-9-16-14(17(10)11)12-7-2-3-8-13(12)15/h2-3,7-10H,4-6H2,1H3. The van der Waals surface area contributed by atoms with Gasteiger partial charge in [0.05, 0.1) is 5.02 Å². The molecule has 1 unspecified atom stereocenters. The predicted octanol–water partition coefficient (Wildman–Crippen LogP) is 4.10. The Morgan fingerprint density at radius 3 is 3.00 bits per heavy atom. The fourth-order valence-corrected chi connectivity index (χ4v) is 2.84. The van der Waals surface area contributed by atoms with Crippen molar-refractivity contribution in [3.8, 4) is 11.4 Å². The van der Waals surface area contributed by atoms with Crippen molar-refractivity contribution >= 4 is 11.6 Å². The molecule has 0 radical (unpaired) electrons. The Morgan fingerprint density at radius 1 is 1.35 bits per heavy atom. The Bertz CT molecular complexity index is 545. The van der Waals surface area contributed by atoms with Gasteiger partial charge in [0.15, 0.2) is 0 Å². The van der Waals surface area contributed by atoms with E-state index in [9.17, 15) is 0 Å². The Kier molecular flexibility index (Phi) is 2.67. The van der Waals surface area contributed by atoms with Gasteiger partial charge in [-0.05, 0) is 38.3 Å². The summed E-state index contributed by atoms with van der Waals surface area (Å²) in [7, 11) is 0. The van der Waals surface area contributed by atoms with Crippen LogP contribution in [0.2, 0.25) is 5.02 Å². The summed E-state index contributed by atoms with van der Waals surface area (Å²) in [5, 5.41) is 0.777. The van der Waals surface area contributed by atoms with E-state index in [-0.39, 0.29) is 0 Å². The average Bonchev–Trinajstić information content (AvgIpc) is 2.75. The molecule has 1 aliphatic heterocycles. The highest BCUT2D eigenvalue weighted by molar-refractivity contribution is 6.33. The molecule has 3 rings (SSSR count). The van der Waals surface area contributed by atoms with E-state index in [0.717, 1.165) is 22.8 Å². The van der Waals surface area contributed by atoms with Gasteiger partial charge in [-0.25, -0.2) is 4.98 Å². The number of aromatic nitrogens is 2. The summed E-state index contributed by atoms with van der Waals surface area (Å²) in [6, 6.07) is 8.45. The minimum absolute atomic E-state index is 0.521. The zero-order chi connectivity index (χ0) is 11.8. The van der Waals surface area contributed by atoms with E-state index in [1.165, 1.54) is 18.5 Å². The quantitative estimate of drug-likeness (QED) is 0.741. The van der Waals surface area contributed by atoms with Crippen LogP contribution in [-0.4, -0.2) is 9.55 Å². The van der Waals surface area contributed by atoms with E-state index in [1.54, 1.807) is 0 Å². The van der Waals surface area contributed by atoms with E-state index >= 15 is 0 Å². The average molecular weight is 247 g/mol. The molecule has 0 fully saturated rings. The van der Waals surface area contributed by atoms with Gasteiger partial charge in [-0.3, -0.25) is 0 Å². The topological polar surface area (TPSA) is 17.8 Å². The first-order valence-corrected chi connectivity index (χ1v) is 6.46. The third-order valence-corrected chi connectivity index (χ3v) is 3.81. The van der Waals surface area contributed by atoms with Crippen molar-refractivity contribution in [1.29, 1.82) is 0 Å². The number of benzene rings is 1. The Balaban J connectivity index is 2.17. The summed E-state index contributed by atoms with van der Waals surface area (Å²) >= 11 is 6.25. The van der Waals surface area contributed by atoms with Crippen LogP contribution in [0.15, 0.2) is 30.5 Å². The molecule has 0 aliphatic carbocycles. The number of rotatable bonds is 1. The normalized spacial score (nSPS) is 19.1. The molecule has 3 heteroatoms. The molecular weight excluding hydrogens is 232 g/mol. The maximum Gasteiger partial charge on any atom is 0.141 e. The summed E-state index contributed by atoms with van der Waals surface area (Å²) in [4.78, 5) is 4.56. The van der Waals surface area contributed by atoms with Crippen LogP contribution in [-0.2, 0) is 6.42 Å². The Hall–Kier alpha value is -1.28. The molecule has 1 aliphatic rings. The van der Waals surface area contributed by atoms with Crippen molar-refractivity contribution in [3.05, 3.63) is 41.2 Å². The highest BCUT2D eigenvalue weighted by Gasteiger charge is 2.21. The lowest BCUT2D eigenvalue weighted by Crippen LogP contribution is -2.15. The number of hydrogen-bond acceptors (Lipinski definition) is 1. The molecule has 1 aromatic carbocycles. The van der Waals surface area contributed by atoms with E-state index in [0.29, 0.717) is 6.04 Å². The van der Waals surface area contributed by atoms with Gasteiger partial charge in [-0.1, -0.05) is 23.7 Å². The molecule has 1 atom stereocenters. The van der Waals surface area contributed by atoms with Crippen molar-refractivity contribution in [1.82, 2.24) is 9.55 Å². The molecule has 1 aromatic heterocycles. The van der Waals surface area contributed by atoms with Gasteiger partial charge in [0.25, 0.3) is 0 Å². The second-order valence-corrected chi connectivity index (χ2v) is 5.07. The highest BCUT2D eigenvalue weighted by Crippen LogP contribution is 2.33. The van der Waals surface area contributed by atoms with E-state index in [1.807, 2.05) is 30.5 Å². The summed E-state index contributed by atoms with van der Waals surface area (Å²) in [5.41, 5.74) is 2.37. The third kappa shape index (κ3) is 1.77. The molecule has 0 saturated carbocycles. The fourth-order valence-electron chi connectivity index (χ4n) is 2.62. The number of nitrogens with zero attached hydrogens (tertiary/aromatic N) is 2. The molecular formula is C14H15ClN2. The summed E-state index contributed by atoms with van der Waals surface area (Å²) < 4.78 is 2.34. The largest absolute Gasteiger partial charge is 0.325 e. The molecule has 2 nitrogen and oxygen atoms in total. The van der Waals surface area contributed by atoms with Crippen LogP contribution in [0, 0.1) is 0 Å². The van der Waals surface area contributed by atoms with Gasteiger partial charge in [-0.15, -0.1) is 0 Å². The number of imidazole rings is 1. The van der Waals surface area contributed by atoms with Crippen LogP contribution in [0.25, 0.3) is 11.4 Å². The monoisotopic (exact) mass is 246 g/mol. The number of hydrogen-bond donors (Lipinski definition) is 0. The molecule has 0 N–H and O–H groups in total. The molecule has 2 aromatic rings. The first kappa shape index (κ1) is 10.8. The van der Waals surface area contributed by atoms with Crippen molar-refractivity contribution in [2.75, 3.05) is 0 Å². The summed E-state index contributed by atoms with van der Waals surface area (Å²) in [6.07, 6.45) is 5.60. The first-order chi connectivity index (χ1) is 8.27. The minimum Gasteiger partial charge on any atom is -0.325 e. The SMILES string of the molecule is CC1CCCc2cnc(-c3ccccc3Cl)n21. The lowest BCUT2D eigenvalue weighted by Gasteiger charge is -2.24. The predicted molar refractivity (Wildman–Crippen MR) is 70.3 cm³/mol. The van der Waals surface area contributed by atoms with Gasteiger partial charge in [0, 0.05) is 23.5 Å². The molecule has 88 valence electrons. The maximum atomic E-state index is 6.25. The van der Waals surface area contributed by atoms with Crippen LogP contribution in [0.1, 0.15) is 31.5 Å². The highest BCUT2D eigenvalue weighted by atomic mass is 35.5. The maximum absolute atomic E-state index is 6.25. The van der Waals surface area contributed by atoms with E-state index in [4.69, 9.17) is 11.6 Å². The molecule has 2 heterocycles. The molecule has 17 heavy (non-hydrogen) atoms. The number of fused-ring (bicyclic) bond motifs is 1. The summed E-state index contributed by atoms with van der Waals surface area (Å²) in [6.45, 7) is 2.25. The van der Waals surface area contributed by atoms with Crippen molar-refractivity contribution in [2.24, 2.45) is 0 Å². The Labute approximate surface area is 106 Å². The van der Waals surface area contributed by atoms with Crippen LogP contribution in [0.5, 0.6) is 0 Å². The van der Waals surface area contributed by atoms with Gasteiger partial charge < -0.3 is 4.57 Å². The second-order valence-electron chi connectivity index (χ2n) is 4.66. The lowest BCUT2D eigenvalue weighted by atomic mass is 10.0. The van der Waals surface area contributed by atoms with Crippen molar-refractivity contribution in [3.63, 3.8) is 0 Å². The smallest absolute Gasteiger partial charge is 0.141 e. The van der Waals surface area contributed by atoms with Crippen LogP contribution >= 0.6 is 11.6 Å². The van der Waals surface area contributed by atoms with Crippen LogP contribution < -0.4 is 0 Å². The number of aryl methyl sites for hydroxylation is 1. The first-order valence-electron chi connectivity index (χ1n) is 6.08. The lowest BCUT2D eigenvalue weighted by molar-refractivity contribution is 0.436. The third-order valence-electron chi connectivity index (χ3n) is 3.48. The van der Waals surface area contributed by atoms with Gasteiger partial charge in [-0.2, -0.15) is 0 Å². The fraction of sp³-hybridized carbons (Fsp3) is 0.357. The van der Waals surface area contributed by atoms with E-state index < -0.39 is 0 Å². The molecule has 0 spiro atoms. The van der Waals surface area contributed by atoms with Gasteiger partial charge in [0.1, 0.15) is 5.82 Å². The minimum atomic E-state index is 0.521. The van der Waals surface area contributed by atoms with E-state index in [2.05, 4.69) is 16.5 Å². The Morgan fingerprint density at radius 2 is 2.18 bits per heavy atom. The van der Waals surface area contributed by atoms with Gasteiger partial charge >= 0.3 is 0 Å². The zero-order valence-corrected chi connectivity index (χ0v) is 10.6. The molecule has 0 amide bonds. The molecule has 0 saturated heterocycles.